The van der Waals surface area contributed by atoms with Crippen molar-refractivity contribution < 1.29 is 4.79 Å². The highest BCUT2D eigenvalue weighted by molar-refractivity contribution is 6.01. The standard InChI is InChI=1S/C15H18N4O/c1-19(10-7-11-5-8-18-9-6-11)14-12(15(17)20)3-2-4-13(14)16/h2-6,8-9H,7,10,16H2,1H3,(H2,17,20). The number of nitrogens with zero attached hydrogens (tertiary/aromatic N) is 2. The Morgan fingerprint density at radius 2 is 1.95 bits per heavy atom. The molecule has 0 spiro atoms. The third-order valence-electron chi connectivity index (χ3n) is 3.20. The summed E-state index contributed by atoms with van der Waals surface area (Å²) in [5, 5.41) is 0. The van der Waals surface area contributed by atoms with E-state index in [1.807, 2.05) is 24.1 Å². The predicted octanol–water partition coefficient (Wildman–Crippen LogP) is 1.44. The van der Waals surface area contributed by atoms with E-state index in [-0.39, 0.29) is 0 Å². The second-order valence-corrected chi connectivity index (χ2v) is 4.63. The van der Waals surface area contributed by atoms with Gasteiger partial charge in [-0.05, 0) is 36.2 Å². The zero-order chi connectivity index (χ0) is 14.5. The van der Waals surface area contributed by atoms with Crippen LogP contribution in [0.25, 0.3) is 0 Å². The molecular weight excluding hydrogens is 252 g/mol. The molecule has 0 fully saturated rings. The summed E-state index contributed by atoms with van der Waals surface area (Å²) < 4.78 is 0. The zero-order valence-corrected chi connectivity index (χ0v) is 11.4. The lowest BCUT2D eigenvalue weighted by atomic mass is 10.1. The highest BCUT2D eigenvalue weighted by Crippen LogP contribution is 2.26. The molecule has 104 valence electrons. The summed E-state index contributed by atoms with van der Waals surface area (Å²) >= 11 is 0. The number of hydrogen-bond donors (Lipinski definition) is 2. The molecule has 0 aliphatic rings. The molecule has 5 nitrogen and oxygen atoms in total. The molecule has 0 atom stereocenters. The summed E-state index contributed by atoms with van der Waals surface area (Å²) in [4.78, 5) is 17.4. The minimum atomic E-state index is -0.469. The van der Waals surface area contributed by atoms with Crippen LogP contribution in [0.2, 0.25) is 0 Å². The van der Waals surface area contributed by atoms with Gasteiger partial charge in [0.2, 0.25) is 0 Å². The van der Waals surface area contributed by atoms with E-state index in [9.17, 15) is 4.79 Å². The highest BCUT2D eigenvalue weighted by atomic mass is 16.1. The molecule has 0 saturated carbocycles. The fourth-order valence-corrected chi connectivity index (χ4v) is 2.14. The van der Waals surface area contributed by atoms with E-state index in [1.165, 1.54) is 5.56 Å². The average Bonchev–Trinajstić information content (AvgIpc) is 2.45. The number of rotatable bonds is 5. The van der Waals surface area contributed by atoms with Crippen molar-refractivity contribution in [1.82, 2.24) is 4.98 Å². The van der Waals surface area contributed by atoms with Crippen LogP contribution in [0.15, 0.2) is 42.7 Å². The number of hydrogen-bond acceptors (Lipinski definition) is 4. The first-order valence-corrected chi connectivity index (χ1v) is 6.38. The van der Waals surface area contributed by atoms with Crippen LogP contribution in [-0.4, -0.2) is 24.5 Å². The second-order valence-electron chi connectivity index (χ2n) is 4.63. The number of anilines is 2. The summed E-state index contributed by atoms with van der Waals surface area (Å²) in [7, 11) is 1.90. The predicted molar refractivity (Wildman–Crippen MR) is 80.6 cm³/mol. The largest absolute Gasteiger partial charge is 0.397 e. The Kier molecular flexibility index (Phi) is 4.20. The van der Waals surface area contributed by atoms with Crippen LogP contribution in [0.1, 0.15) is 15.9 Å². The Labute approximate surface area is 118 Å². The van der Waals surface area contributed by atoms with Gasteiger partial charge >= 0.3 is 0 Å². The van der Waals surface area contributed by atoms with Gasteiger partial charge in [-0.3, -0.25) is 9.78 Å². The van der Waals surface area contributed by atoms with Crippen molar-refractivity contribution >= 4 is 17.3 Å². The van der Waals surface area contributed by atoms with Gasteiger partial charge in [0.1, 0.15) is 0 Å². The number of carbonyl (C=O) groups is 1. The summed E-state index contributed by atoms with van der Waals surface area (Å²) in [6.45, 7) is 0.735. The van der Waals surface area contributed by atoms with Crippen molar-refractivity contribution in [2.45, 2.75) is 6.42 Å². The minimum absolute atomic E-state index is 0.447. The number of nitrogen functional groups attached to an aromatic ring is 1. The molecule has 1 aromatic carbocycles. The molecular formula is C15H18N4O. The van der Waals surface area contributed by atoms with E-state index in [0.29, 0.717) is 16.9 Å². The van der Waals surface area contributed by atoms with Crippen LogP contribution >= 0.6 is 0 Å². The number of amides is 1. The Morgan fingerprint density at radius 3 is 2.60 bits per heavy atom. The number of para-hydroxylation sites is 1. The van der Waals surface area contributed by atoms with Gasteiger partial charge in [0, 0.05) is 26.0 Å². The molecule has 0 aliphatic heterocycles. The molecule has 20 heavy (non-hydrogen) atoms. The van der Waals surface area contributed by atoms with Crippen molar-refractivity contribution in [2.24, 2.45) is 5.73 Å². The van der Waals surface area contributed by atoms with E-state index in [2.05, 4.69) is 4.98 Å². The number of likely N-dealkylation sites (N-methyl/N-ethyl adjacent to an activating group) is 1. The van der Waals surface area contributed by atoms with Gasteiger partial charge in [0.25, 0.3) is 5.91 Å². The van der Waals surface area contributed by atoms with E-state index < -0.39 is 5.91 Å². The van der Waals surface area contributed by atoms with Crippen molar-refractivity contribution in [1.29, 1.82) is 0 Å². The van der Waals surface area contributed by atoms with Gasteiger partial charge < -0.3 is 16.4 Å². The van der Waals surface area contributed by atoms with Crippen molar-refractivity contribution in [3.05, 3.63) is 53.9 Å². The lowest BCUT2D eigenvalue weighted by Crippen LogP contribution is -2.25. The molecule has 2 aromatic rings. The van der Waals surface area contributed by atoms with Gasteiger partial charge in [-0.25, -0.2) is 0 Å². The Balaban J connectivity index is 2.17. The van der Waals surface area contributed by atoms with Gasteiger partial charge in [0.05, 0.1) is 16.9 Å². The van der Waals surface area contributed by atoms with Crippen LogP contribution in [0, 0.1) is 0 Å². The topological polar surface area (TPSA) is 85.2 Å². The number of nitrogens with two attached hydrogens (primary N) is 2. The first kappa shape index (κ1) is 13.9. The number of pyridine rings is 1. The smallest absolute Gasteiger partial charge is 0.250 e. The lowest BCUT2D eigenvalue weighted by molar-refractivity contribution is 0.100. The maximum absolute atomic E-state index is 11.5. The monoisotopic (exact) mass is 270 g/mol. The minimum Gasteiger partial charge on any atom is -0.397 e. The second kappa shape index (κ2) is 6.06. The van der Waals surface area contributed by atoms with E-state index in [0.717, 1.165) is 13.0 Å². The molecule has 0 radical (unpaired) electrons. The SMILES string of the molecule is CN(CCc1ccncc1)c1c(N)cccc1C(N)=O. The number of aromatic nitrogens is 1. The Morgan fingerprint density at radius 1 is 1.25 bits per heavy atom. The normalized spacial score (nSPS) is 10.2. The Bertz CT molecular complexity index is 598. The third kappa shape index (κ3) is 3.06. The summed E-state index contributed by atoms with van der Waals surface area (Å²) in [5.41, 5.74) is 14.2. The van der Waals surface area contributed by atoms with Crippen LogP contribution in [0.3, 0.4) is 0 Å². The van der Waals surface area contributed by atoms with Crippen molar-refractivity contribution in [3.63, 3.8) is 0 Å². The van der Waals surface area contributed by atoms with Gasteiger partial charge in [-0.15, -0.1) is 0 Å². The quantitative estimate of drug-likeness (QED) is 0.805. The fraction of sp³-hybridized carbons (Fsp3) is 0.200. The first-order chi connectivity index (χ1) is 9.59. The van der Waals surface area contributed by atoms with Crippen LogP contribution in [-0.2, 0) is 6.42 Å². The maximum atomic E-state index is 11.5. The molecule has 1 amide bonds. The van der Waals surface area contributed by atoms with Crippen LogP contribution < -0.4 is 16.4 Å². The molecule has 1 aromatic heterocycles. The molecule has 2 rings (SSSR count). The molecule has 0 unspecified atom stereocenters. The number of carbonyl (C=O) groups excluding carboxylic acids is 1. The molecule has 0 aliphatic carbocycles. The average molecular weight is 270 g/mol. The van der Waals surface area contributed by atoms with E-state index in [1.54, 1.807) is 30.6 Å². The summed E-state index contributed by atoms with van der Waals surface area (Å²) in [5.74, 6) is -0.469. The summed E-state index contributed by atoms with van der Waals surface area (Å²) in [6, 6.07) is 9.13. The first-order valence-electron chi connectivity index (χ1n) is 6.38. The van der Waals surface area contributed by atoms with Gasteiger partial charge in [-0.1, -0.05) is 6.07 Å². The van der Waals surface area contributed by atoms with Crippen LogP contribution in [0.5, 0.6) is 0 Å². The van der Waals surface area contributed by atoms with Crippen LogP contribution in [0.4, 0.5) is 11.4 Å². The van der Waals surface area contributed by atoms with Gasteiger partial charge in [0.15, 0.2) is 0 Å². The Hall–Kier alpha value is -2.56. The van der Waals surface area contributed by atoms with E-state index >= 15 is 0 Å². The fourth-order valence-electron chi connectivity index (χ4n) is 2.14. The molecule has 0 saturated heterocycles. The molecule has 4 N–H and O–H groups in total. The van der Waals surface area contributed by atoms with Crippen molar-refractivity contribution in [2.75, 3.05) is 24.2 Å². The number of benzene rings is 1. The summed E-state index contributed by atoms with van der Waals surface area (Å²) in [6.07, 6.45) is 4.37. The zero-order valence-electron chi connectivity index (χ0n) is 11.4. The molecule has 1 heterocycles. The number of primary amides is 1. The molecule has 0 bridgehead atoms. The molecule has 5 heteroatoms. The van der Waals surface area contributed by atoms with E-state index in [4.69, 9.17) is 11.5 Å². The maximum Gasteiger partial charge on any atom is 0.250 e. The van der Waals surface area contributed by atoms with Gasteiger partial charge in [-0.2, -0.15) is 0 Å². The lowest BCUT2D eigenvalue weighted by Gasteiger charge is -2.23. The van der Waals surface area contributed by atoms with Crippen molar-refractivity contribution in [3.8, 4) is 0 Å². The third-order valence-corrected chi connectivity index (χ3v) is 3.20. The highest BCUT2D eigenvalue weighted by Gasteiger charge is 2.14.